The number of hydrogen-bond acceptors (Lipinski definition) is 7. The highest BCUT2D eigenvalue weighted by Gasteiger charge is 2.25. The van der Waals surface area contributed by atoms with Crippen LogP contribution in [0.4, 0.5) is 11.9 Å². The van der Waals surface area contributed by atoms with E-state index in [2.05, 4.69) is 20.6 Å². The predicted octanol–water partition coefficient (Wildman–Crippen LogP) is 4.74. The number of esters is 1. The van der Waals surface area contributed by atoms with Gasteiger partial charge < -0.3 is 25.3 Å². The number of nitrogens with zero attached hydrogens (tertiary/aromatic N) is 5. The maximum Gasteiger partial charge on any atom is 0.338 e. The molecule has 2 aromatic carbocycles. The second kappa shape index (κ2) is 9.29. The van der Waals surface area contributed by atoms with Gasteiger partial charge in [0.05, 0.1) is 45.9 Å². The Kier molecular flexibility index (Phi) is 6.03. The molecule has 2 aromatic heterocycles. The minimum atomic E-state index is -0.302. The molecule has 2 saturated carbocycles. The molecular formula is C26H29N7O2. The third-order valence-electron chi connectivity index (χ3n) is 6.95. The monoisotopic (exact) mass is 471 g/mol. The average molecular weight is 472 g/mol. The Morgan fingerprint density at radius 2 is 1.51 bits per heavy atom. The van der Waals surface area contributed by atoms with Gasteiger partial charge >= 0.3 is 5.97 Å². The zero-order chi connectivity index (χ0) is 24.5. The molecule has 2 aliphatic carbocycles. The largest absolute Gasteiger partial charge is 0.462 e. The first kappa shape index (κ1) is 22.7. The Morgan fingerprint density at radius 3 is 2.00 bits per heavy atom. The molecule has 35 heavy (non-hydrogen) atoms. The number of fused-ring (bicyclic) bond motifs is 2. The highest BCUT2D eigenvalue weighted by atomic mass is 16.5. The van der Waals surface area contributed by atoms with Crippen molar-refractivity contribution in [3.05, 3.63) is 47.5 Å². The Hall–Kier alpha value is -4.06. The van der Waals surface area contributed by atoms with E-state index in [0.29, 0.717) is 41.7 Å². The third-order valence-corrected chi connectivity index (χ3v) is 6.95. The Labute approximate surface area is 203 Å². The van der Waals surface area contributed by atoms with Gasteiger partial charge in [-0.25, -0.2) is 14.8 Å². The first-order valence-electron chi connectivity index (χ1n) is 12.1. The number of aromatic nitrogens is 4. The number of carbonyl (C=O) groups is 1. The van der Waals surface area contributed by atoms with Crippen LogP contribution < -0.4 is 11.5 Å². The maximum absolute atomic E-state index is 11.8. The van der Waals surface area contributed by atoms with Crippen molar-refractivity contribution in [2.24, 2.45) is 0 Å². The third kappa shape index (κ3) is 4.16. The highest BCUT2D eigenvalue weighted by molar-refractivity contribution is 5.94. The molecule has 2 fully saturated rings. The fourth-order valence-corrected chi connectivity index (χ4v) is 4.69. The number of imidazole rings is 2. The summed E-state index contributed by atoms with van der Waals surface area (Å²) in [5, 5.41) is 8.89. The van der Waals surface area contributed by atoms with Crippen molar-refractivity contribution in [3.63, 3.8) is 0 Å². The highest BCUT2D eigenvalue weighted by Crippen LogP contribution is 2.37. The van der Waals surface area contributed by atoms with Crippen molar-refractivity contribution in [2.75, 3.05) is 18.1 Å². The lowest BCUT2D eigenvalue weighted by molar-refractivity contribution is 0.0526. The van der Waals surface area contributed by atoms with E-state index in [-0.39, 0.29) is 5.97 Å². The average Bonchev–Trinajstić information content (AvgIpc) is 3.27. The van der Waals surface area contributed by atoms with E-state index in [1.807, 2.05) is 28.8 Å². The van der Waals surface area contributed by atoms with E-state index >= 15 is 0 Å². The second-order valence-corrected chi connectivity index (χ2v) is 9.09. The Bertz CT molecular complexity index is 1440. The molecule has 6 rings (SSSR count). The number of rotatable bonds is 4. The van der Waals surface area contributed by atoms with E-state index < -0.39 is 0 Å². The van der Waals surface area contributed by atoms with E-state index in [9.17, 15) is 4.79 Å². The van der Waals surface area contributed by atoms with Gasteiger partial charge in [0.2, 0.25) is 11.9 Å². The number of carbonyl (C=O) groups excluding carboxylic acids is 1. The number of ether oxygens (including phenoxy) is 1. The van der Waals surface area contributed by atoms with Gasteiger partial charge in [0.15, 0.2) is 0 Å². The number of anilines is 2. The van der Waals surface area contributed by atoms with Crippen molar-refractivity contribution >= 4 is 39.9 Å². The van der Waals surface area contributed by atoms with Crippen molar-refractivity contribution in [1.82, 2.24) is 19.1 Å². The summed E-state index contributed by atoms with van der Waals surface area (Å²) in [6.07, 6.45) is 7.04. The zero-order valence-electron chi connectivity index (χ0n) is 19.8. The van der Waals surface area contributed by atoms with Crippen LogP contribution in [0, 0.1) is 11.3 Å². The summed E-state index contributed by atoms with van der Waals surface area (Å²) in [5.74, 6) is 0.792. The SMILES string of the molecule is CCOC(=O)c1ccc2nc(N)n(C3CCC3)c2c1.N#Cc1ccc2nc(N)n(C3CCC3)c2c1. The van der Waals surface area contributed by atoms with Gasteiger partial charge in [-0.15, -0.1) is 0 Å². The first-order valence-corrected chi connectivity index (χ1v) is 12.1. The predicted molar refractivity (Wildman–Crippen MR) is 135 cm³/mol. The summed E-state index contributed by atoms with van der Waals surface area (Å²) in [5.41, 5.74) is 16.7. The Balaban J connectivity index is 0.000000147. The van der Waals surface area contributed by atoms with E-state index in [1.165, 1.54) is 12.8 Å². The number of nitrogens with two attached hydrogens (primary N) is 2. The van der Waals surface area contributed by atoms with Crippen molar-refractivity contribution in [3.8, 4) is 6.07 Å². The van der Waals surface area contributed by atoms with Crippen LogP contribution in [0.1, 0.15) is 73.5 Å². The van der Waals surface area contributed by atoms with Gasteiger partial charge in [0.1, 0.15) is 0 Å². The van der Waals surface area contributed by atoms with Crippen LogP contribution in [0.5, 0.6) is 0 Å². The zero-order valence-corrected chi connectivity index (χ0v) is 19.8. The van der Waals surface area contributed by atoms with E-state index in [0.717, 1.165) is 47.8 Å². The number of hydrogen-bond donors (Lipinski definition) is 2. The number of nitriles is 1. The number of benzene rings is 2. The normalized spacial score (nSPS) is 15.7. The fraction of sp³-hybridized carbons (Fsp3) is 0.385. The van der Waals surface area contributed by atoms with Crippen molar-refractivity contribution < 1.29 is 9.53 Å². The van der Waals surface area contributed by atoms with Crippen LogP contribution in [0.15, 0.2) is 36.4 Å². The molecule has 180 valence electrons. The molecule has 0 unspecified atom stereocenters. The molecule has 0 radical (unpaired) electrons. The van der Waals surface area contributed by atoms with Gasteiger partial charge in [-0.05, 0) is 81.8 Å². The van der Waals surface area contributed by atoms with E-state index in [4.69, 9.17) is 21.5 Å². The Morgan fingerprint density at radius 1 is 0.971 bits per heavy atom. The summed E-state index contributed by atoms with van der Waals surface area (Å²) >= 11 is 0. The summed E-state index contributed by atoms with van der Waals surface area (Å²) in [6.45, 7) is 2.17. The lowest BCUT2D eigenvalue weighted by Crippen LogP contribution is -2.18. The molecule has 4 aromatic rings. The van der Waals surface area contributed by atoms with Gasteiger partial charge in [0.25, 0.3) is 0 Å². The van der Waals surface area contributed by atoms with Gasteiger partial charge in [0, 0.05) is 12.1 Å². The van der Waals surface area contributed by atoms with Crippen LogP contribution in [-0.2, 0) is 4.74 Å². The molecular weight excluding hydrogens is 442 g/mol. The van der Waals surface area contributed by atoms with Gasteiger partial charge in [-0.3, -0.25) is 0 Å². The summed E-state index contributed by atoms with van der Waals surface area (Å²) in [6, 6.07) is 13.9. The van der Waals surface area contributed by atoms with Crippen LogP contribution >= 0.6 is 0 Å². The molecule has 9 nitrogen and oxygen atoms in total. The molecule has 0 atom stereocenters. The smallest absolute Gasteiger partial charge is 0.338 e. The fourth-order valence-electron chi connectivity index (χ4n) is 4.69. The number of nitrogen functional groups attached to an aromatic ring is 2. The molecule has 2 aliphatic rings. The van der Waals surface area contributed by atoms with Gasteiger partial charge in [-0.2, -0.15) is 5.26 Å². The molecule has 4 N–H and O–H groups in total. The standard InChI is InChI=1S/C14H17N3O2.C12H12N4/c1-2-19-13(18)9-6-7-11-12(8-9)17(14(15)16-11)10-4-3-5-10;13-7-8-4-5-10-11(6-8)16(12(14)15-10)9-2-1-3-9/h6-8,10H,2-5H2,1H3,(H2,15,16);4-6,9H,1-3H2,(H2,14,15). The molecule has 0 bridgehead atoms. The minimum Gasteiger partial charge on any atom is -0.462 e. The maximum atomic E-state index is 11.8. The first-order chi connectivity index (χ1) is 17.0. The van der Waals surface area contributed by atoms with Gasteiger partial charge in [-0.1, -0.05) is 0 Å². The summed E-state index contributed by atoms with van der Waals surface area (Å²) in [4.78, 5) is 20.5. The van der Waals surface area contributed by atoms with Crippen LogP contribution in [-0.4, -0.2) is 31.7 Å². The van der Waals surface area contributed by atoms with Crippen LogP contribution in [0.25, 0.3) is 22.1 Å². The minimum absolute atomic E-state index is 0.302. The quantitative estimate of drug-likeness (QED) is 0.410. The van der Waals surface area contributed by atoms with Crippen molar-refractivity contribution in [2.45, 2.75) is 57.5 Å². The van der Waals surface area contributed by atoms with E-state index in [1.54, 1.807) is 19.1 Å². The van der Waals surface area contributed by atoms with Crippen LogP contribution in [0.3, 0.4) is 0 Å². The second-order valence-electron chi connectivity index (χ2n) is 9.09. The molecule has 0 amide bonds. The molecule has 0 saturated heterocycles. The summed E-state index contributed by atoms with van der Waals surface area (Å²) < 4.78 is 9.14. The molecule has 0 aliphatic heterocycles. The summed E-state index contributed by atoms with van der Waals surface area (Å²) in [7, 11) is 0. The molecule has 0 spiro atoms. The van der Waals surface area contributed by atoms with Crippen molar-refractivity contribution in [1.29, 1.82) is 5.26 Å². The lowest BCUT2D eigenvalue weighted by atomic mass is 9.92. The lowest BCUT2D eigenvalue weighted by Gasteiger charge is -2.28. The molecule has 9 heteroatoms. The van der Waals surface area contributed by atoms with Crippen LogP contribution in [0.2, 0.25) is 0 Å². The molecule has 2 heterocycles. The topological polar surface area (TPSA) is 138 Å².